The van der Waals surface area contributed by atoms with Crippen molar-refractivity contribution in [3.63, 3.8) is 0 Å². The van der Waals surface area contributed by atoms with E-state index in [1.807, 2.05) is 19.1 Å². The molecule has 1 aromatic carbocycles. The fourth-order valence-electron chi connectivity index (χ4n) is 1.76. The molecule has 0 N–H and O–H groups in total. The molecule has 0 unspecified atom stereocenters. The normalized spacial score (nSPS) is 10.8. The molecule has 0 saturated carbocycles. The van der Waals surface area contributed by atoms with Crippen molar-refractivity contribution in [1.82, 2.24) is 0 Å². The van der Waals surface area contributed by atoms with Gasteiger partial charge in [-0.2, -0.15) is 0 Å². The van der Waals surface area contributed by atoms with Gasteiger partial charge in [0.1, 0.15) is 0 Å². The summed E-state index contributed by atoms with van der Waals surface area (Å²) in [6.45, 7) is 3.99. The zero-order chi connectivity index (χ0) is 14.1. The van der Waals surface area contributed by atoms with Crippen LogP contribution in [-0.4, -0.2) is 14.2 Å². The van der Waals surface area contributed by atoms with Gasteiger partial charge in [-0.15, -0.1) is 11.8 Å². The third-order valence-electron chi connectivity index (χ3n) is 2.79. The Hall–Kier alpha value is -1.27. The van der Waals surface area contributed by atoms with E-state index in [0.717, 1.165) is 31.2 Å². The predicted octanol–water partition coefficient (Wildman–Crippen LogP) is 3.61. The van der Waals surface area contributed by atoms with Crippen molar-refractivity contribution < 1.29 is 8.42 Å². The van der Waals surface area contributed by atoms with Crippen LogP contribution in [0.1, 0.15) is 45.1 Å². The summed E-state index contributed by atoms with van der Waals surface area (Å²) in [6.07, 6.45) is 4.41. The van der Waals surface area contributed by atoms with E-state index < -0.39 is 9.84 Å². The summed E-state index contributed by atoms with van der Waals surface area (Å²) in [5.74, 6) is 6.46. The lowest BCUT2D eigenvalue weighted by Crippen LogP contribution is -2.05. The van der Waals surface area contributed by atoms with Gasteiger partial charge >= 0.3 is 0 Å². The van der Waals surface area contributed by atoms with Crippen LogP contribution in [0, 0.1) is 11.8 Å². The minimum absolute atomic E-state index is 0.217. The lowest BCUT2D eigenvalue weighted by molar-refractivity contribution is 0.594. The average molecular weight is 278 g/mol. The van der Waals surface area contributed by atoms with E-state index in [1.165, 1.54) is 0 Å². The van der Waals surface area contributed by atoms with Gasteiger partial charge in [-0.05, 0) is 37.0 Å². The molecule has 0 aliphatic rings. The van der Waals surface area contributed by atoms with E-state index in [2.05, 4.69) is 18.8 Å². The van der Waals surface area contributed by atoms with Crippen LogP contribution in [0.2, 0.25) is 0 Å². The Bertz CT molecular complexity index is 530. The van der Waals surface area contributed by atoms with E-state index in [4.69, 9.17) is 0 Å². The molecule has 0 aliphatic heterocycles. The molecule has 0 heterocycles. The van der Waals surface area contributed by atoms with Crippen molar-refractivity contribution in [2.45, 2.75) is 50.8 Å². The Morgan fingerprint density at radius 3 is 2.16 bits per heavy atom. The van der Waals surface area contributed by atoms with Crippen LogP contribution in [0.25, 0.3) is 0 Å². The first-order valence-electron chi connectivity index (χ1n) is 6.87. The van der Waals surface area contributed by atoms with Crippen molar-refractivity contribution in [2.75, 3.05) is 5.75 Å². The Morgan fingerprint density at radius 2 is 1.58 bits per heavy atom. The van der Waals surface area contributed by atoms with Crippen molar-refractivity contribution in [2.24, 2.45) is 0 Å². The molecule has 0 bridgehead atoms. The van der Waals surface area contributed by atoms with Crippen molar-refractivity contribution in [1.29, 1.82) is 0 Å². The number of sulfone groups is 1. The van der Waals surface area contributed by atoms with Gasteiger partial charge in [-0.1, -0.05) is 26.0 Å². The van der Waals surface area contributed by atoms with Gasteiger partial charge in [0.05, 0.1) is 10.6 Å². The highest BCUT2D eigenvalue weighted by Gasteiger charge is 2.12. The maximum atomic E-state index is 11.9. The molecule has 0 saturated heterocycles. The first-order valence-corrected chi connectivity index (χ1v) is 8.52. The SMILES string of the molecule is CCCC#CCCc1ccc(S(=O)(=O)CCC)cc1. The van der Waals surface area contributed by atoms with Gasteiger partial charge in [-0.3, -0.25) is 0 Å². The molecular weight excluding hydrogens is 256 g/mol. The third-order valence-corrected chi connectivity index (χ3v) is 4.73. The Kier molecular flexibility index (Phi) is 6.66. The molecule has 0 fully saturated rings. The lowest BCUT2D eigenvalue weighted by atomic mass is 10.1. The number of aryl methyl sites for hydroxylation is 1. The van der Waals surface area contributed by atoms with E-state index in [0.29, 0.717) is 11.3 Å². The number of hydrogen-bond acceptors (Lipinski definition) is 2. The second-order valence-electron chi connectivity index (χ2n) is 4.57. The molecule has 0 aromatic heterocycles. The van der Waals surface area contributed by atoms with E-state index >= 15 is 0 Å². The molecule has 104 valence electrons. The number of hydrogen-bond donors (Lipinski definition) is 0. The molecule has 3 heteroatoms. The highest BCUT2D eigenvalue weighted by molar-refractivity contribution is 7.91. The van der Waals surface area contributed by atoms with Gasteiger partial charge in [0.2, 0.25) is 0 Å². The minimum atomic E-state index is -3.09. The first kappa shape index (κ1) is 15.8. The fourth-order valence-corrected chi connectivity index (χ4v) is 3.08. The molecule has 19 heavy (non-hydrogen) atoms. The lowest BCUT2D eigenvalue weighted by Gasteiger charge is -2.04. The fraction of sp³-hybridized carbons (Fsp3) is 0.500. The van der Waals surface area contributed by atoms with Crippen molar-refractivity contribution >= 4 is 9.84 Å². The Morgan fingerprint density at radius 1 is 0.947 bits per heavy atom. The summed E-state index contributed by atoms with van der Waals surface area (Å²) in [6, 6.07) is 7.20. The second-order valence-corrected chi connectivity index (χ2v) is 6.68. The van der Waals surface area contributed by atoms with Crippen LogP contribution in [0.3, 0.4) is 0 Å². The van der Waals surface area contributed by atoms with Crippen LogP contribution in [0.4, 0.5) is 0 Å². The first-order chi connectivity index (χ1) is 9.10. The third kappa shape index (κ3) is 5.48. The number of unbranched alkanes of at least 4 members (excludes halogenated alkanes) is 1. The van der Waals surface area contributed by atoms with Gasteiger partial charge in [0.25, 0.3) is 0 Å². The maximum Gasteiger partial charge on any atom is 0.178 e. The second kappa shape index (κ2) is 8.01. The molecule has 0 aliphatic carbocycles. The summed E-state index contributed by atoms with van der Waals surface area (Å²) in [5, 5.41) is 0. The van der Waals surface area contributed by atoms with Crippen LogP contribution in [-0.2, 0) is 16.3 Å². The molecule has 1 aromatic rings. The quantitative estimate of drug-likeness (QED) is 0.745. The maximum absolute atomic E-state index is 11.9. The highest BCUT2D eigenvalue weighted by Crippen LogP contribution is 2.14. The predicted molar refractivity (Wildman–Crippen MR) is 79.8 cm³/mol. The molecule has 0 amide bonds. The average Bonchev–Trinajstić information content (AvgIpc) is 2.39. The largest absolute Gasteiger partial charge is 0.224 e. The summed E-state index contributed by atoms with van der Waals surface area (Å²) in [5.41, 5.74) is 1.14. The molecule has 2 nitrogen and oxygen atoms in total. The van der Waals surface area contributed by atoms with Crippen LogP contribution in [0.5, 0.6) is 0 Å². The van der Waals surface area contributed by atoms with Gasteiger partial charge in [0, 0.05) is 12.8 Å². The zero-order valence-electron chi connectivity index (χ0n) is 11.8. The van der Waals surface area contributed by atoms with E-state index in [-0.39, 0.29) is 5.75 Å². The highest BCUT2D eigenvalue weighted by atomic mass is 32.2. The zero-order valence-corrected chi connectivity index (χ0v) is 12.6. The smallest absolute Gasteiger partial charge is 0.178 e. The standard InChI is InChI=1S/C16H22O2S/c1-3-5-6-7-8-9-15-10-12-16(13-11-15)19(17,18)14-4-2/h10-13H,3-5,8-9,14H2,1-2H3. The number of rotatable bonds is 6. The molecule has 0 radical (unpaired) electrons. The topological polar surface area (TPSA) is 34.1 Å². The van der Waals surface area contributed by atoms with Crippen LogP contribution >= 0.6 is 0 Å². The molecule has 1 rings (SSSR count). The van der Waals surface area contributed by atoms with Gasteiger partial charge in [-0.25, -0.2) is 8.42 Å². The molecule has 0 atom stereocenters. The van der Waals surface area contributed by atoms with Crippen LogP contribution < -0.4 is 0 Å². The minimum Gasteiger partial charge on any atom is -0.224 e. The van der Waals surface area contributed by atoms with E-state index in [1.54, 1.807) is 12.1 Å². The van der Waals surface area contributed by atoms with E-state index in [9.17, 15) is 8.42 Å². The Labute approximate surface area is 117 Å². The monoisotopic (exact) mass is 278 g/mol. The van der Waals surface area contributed by atoms with Gasteiger partial charge < -0.3 is 0 Å². The van der Waals surface area contributed by atoms with Gasteiger partial charge in [0.15, 0.2) is 9.84 Å². The Balaban J connectivity index is 2.60. The summed E-state index contributed by atoms with van der Waals surface area (Å²) in [7, 11) is -3.09. The molecule has 0 spiro atoms. The summed E-state index contributed by atoms with van der Waals surface area (Å²) >= 11 is 0. The van der Waals surface area contributed by atoms with Crippen LogP contribution in [0.15, 0.2) is 29.2 Å². The summed E-state index contributed by atoms with van der Waals surface area (Å²) in [4.78, 5) is 0.426. The molecular formula is C16H22O2S. The summed E-state index contributed by atoms with van der Waals surface area (Å²) < 4.78 is 23.7. The van der Waals surface area contributed by atoms with Crippen molar-refractivity contribution in [3.05, 3.63) is 29.8 Å². The van der Waals surface area contributed by atoms with Crippen molar-refractivity contribution in [3.8, 4) is 11.8 Å². The number of benzene rings is 1.